The van der Waals surface area contributed by atoms with Crippen molar-refractivity contribution < 1.29 is 14.3 Å². The van der Waals surface area contributed by atoms with Crippen LogP contribution >= 0.6 is 0 Å². The van der Waals surface area contributed by atoms with Crippen LogP contribution in [-0.2, 0) is 9.53 Å². The third-order valence-corrected chi connectivity index (χ3v) is 3.13. The maximum atomic E-state index is 11.7. The lowest BCUT2D eigenvalue weighted by molar-refractivity contribution is -0.130. The molecule has 0 unspecified atom stereocenters. The van der Waals surface area contributed by atoms with Crippen molar-refractivity contribution in [3.8, 4) is 11.3 Å². The molecule has 0 atom stereocenters. The first-order chi connectivity index (χ1) is 10.5. The van der Waals surface area contributed by atoms with Crippen molar-refractivity contribution in [2.75, 3.05) is 0 Å². The molecule has 0 fully saturated rings. The van der Waals surface area contributed by atoms with Crippen molar-refractivity contribution in [2.24, 2.45) is 4.99 Å². The summed E-state index contributed by atoms with van der Waals surface area (Å²) in [5, 5.41) is 4.29. The monoisotopic (exact) mass is 295 g/mol. The zero-order chi connectivity index (χ0) is 15.7. The van der Waals surface area contributed by atoms with Crippen LogP contribution in [0, 0.1) is 0 Å². The van der Waals surface area contributed by atoms with Gasteiger partial charge in [0.1, 0.15) is 5.69 Å². The molecule has 3 rings (SSSR count). The smallest absolute Gasteiger partial charge is 0.363 e. The number of rotatable bonds is 2. The number of hydrogen-bond acceptors (Lipinski definition) is 5. The van der Waals surface area contributed by atoms with Crippen LogP contribution in [0.5, 0.6) is 0 Å². The predicted octanol–water partition coefficient (Wildman–Crippen LogP) is 2.53. The fourth-order valence-corrected chi connectivity index (χ4v) is 2.14. The topological polar surface area (TPSA) is 73.6 Å². The molecule has 1 aromatic heterocycles. The van der Waals surface area contributed by atoms with E-state index in [1.165, 1.54) is 11.6 Å². The molecule has 22 heavy (non-hydrogen) atoms. The Morgan fingerprint density at radius 1 is 1.27 bits per heavy atom. The zero-order valence-electron chi connectivity index (χ0n) is 12.1. The van der Waals surface area contributed by atoms with E-state index >= 15 is 0 Å². The van der Waals surface area contributed by atoms with E-state index in [-0.39, 0.29) is 11.6 Å². The van der Waals surface area contributed by atoms with Gasteiger partial charge in [-0.05, 0) is 6.08 Å². The summed E-state index contributed by atoms with van der Waals surface area (Å²) in [5.74, 6) is -0.418. The van der Waals surface area contributed by atoms with Gasteiger partial charge in [-0.15, -0.1) is 0 Å². The molecule has 1 aliphatic heterocycles. The number of esters is 1. The maximum absolute atomic E-state index is 11.7. The summed E-state index contributed by atoms with van der Waals surface area (Å²) >= 11 is 0. The van der Waals surface area contributed by atoms with E-state index in [1.807, 2.05) is 30.3 Å². The third-order valence-electron chi connectivity index (χ3n) is 3.13. The number of nitrogens with zero attached hydrogens (tertiary/aromatic N) is 3. The molecular formula is C16H13N3O3. The molecule has 0 bridgehead atoms. The Hall–Kier alpha value is -3.02. The molecule has 6 nitrogen and oxygen atoms in total. The minimum atomic E-state index is -0.507. The largest absolute Gasteiger partial charge is 0.407 e. The summed E-state index contributed by atoms with van der Waals surface area (Å²) in [6.45, 7) is 3.03. The normalized spacial score (nSPS) is 15.8. The molecule has 0 spiro atoms. The highest BCUT2D eigenvalue weighted by atomic mass is 16.6. The van der Waals surface area contributed by atoms with Crippen LogP contribution in [0.25, 0.3) is 17.3 Å². The van der Waals surface area contributed by atoms with Gasteiger partial charge in [-0.2, -0.15) is 5.10 Å². The van der Waals surface area contributed by atoms with Gasteiger partial charge in [-0.1, -0.05) is 30.3 Å². The van der Waals surface area contributed by atoms with Crippen molar-refractivity contribution in [3.05, 3.63) is 47.8 Å². The summed E-state index contributed by atoms with van der Waals surface area (Å²) in [7, 11) is 0. The molecule has 0 radical (unpaired) electrons. The molecule has 0 saturated carbocycles. The van der Waals surface area contributed by atoms with Crippen molar-refractivity contribution in [1.29, 1.82) is 0 Å². The average molecular weight is 295 g/mol. The summed E-state index contributed by atoms with van der Waals surface area (Å²) in [6, 6.07) is 9.43. The van der Waals surface area contributed by atoms with Gasteiger partial charge in [-0.25, -0.2) is 14.5 Å². The van der Waals surface area contributed by atoms with E-state index in [2.05, 4.69) is 10.1 Å². The number of aromatic nitrogens is 2. The molecule has 2 aromatic rings. The Morgan fingerprint density at radius 3 is 2.59 bits per heavy atom. The van der Waals surface area contributed by atoms with Gasteiger partial charge in [0.15, 0.2) is 11.6 Å². The molecule has 0 aliphatic carbocycles. The standard InChI is InChI=1S/C16H13N3O3/c1-10-17-14(16(21)22-10)8-13-9-19(11(2)20)18-15(13)12-6-4-3-5-7-12/h3-9H,1-2H3/b14-8+. The minimum Gasteiger partial charge on any atom is -0.407 e. The Kier molecular flexibility index (Phi) is 3.42. The molecule has 1 aromatic carbocycles. The lowest BCUT2D eigenvalue weighted by atomic mass is 10.1. The van der Waals surface area contributed by atoms with Crippen LogP contribution in [0.15, 0.2) is 47.2 Å². The van der Waals surface area contributed by atoms with Crippen LogP contribution in [0.2, 0.25) is 0 Å². The number of aliphatic imine (C=N–C) groups is 1. The van der Waals surface area contributed by atoms with Crippen LogP contribution in [0.3, 0.4) is 0 Å². The van der Waals surface area contributed by atoms with Crippen molar-refractivity contribution in [3.63, 3.8) is 0 Å². The Morgan fingerprint density at radius 2 is 2.00 bits per heavy atom. The minimum absolute atomic E-state index is 0.192. The summed E-state index contributed by atoms with van der Waals surface area (Å²) in [5.41, 5.74) is 2.28. The zero-order valence-corrected chi connectivity index (χ0v) is 12.1. The van der Waals surface area contributed by atoms with Gasteiger partial charge < -0.3 is 4.74 Å². The number of carbonyl (C=O) groups excluding carboxylic acids is 2. The molecule has 1 aliphatic rings. The highest BCUT2D eigenvalue weighted by molar-refractivity contribution is 6.06. The van der Waals surface area contributed by atoms with E-state index in [0.717, 1.165) is 5.56 Å². The van der Waals surface area contributed by atoms with Gasteiger partial charge in [0.2, 0.25) is 5.91 Å². The average Bonchev–Trinajstić information content (AvgIpc) is 3.04. The van der Waals surface area contributed by atoms with Crippen LogP contribution < -0.4 is 0 Å². The van der Waals surface area contributed by atoms with E-state index in [4.69, 9.17) is 4.74 Å². The van der Waals surface area contributed by atoms with Gasteiger partial charge in [0.05, 0.1) is 0 Å². The van der Waals surface area contributed by atoms with Crippen molar-refractivity contribution in [2.45, 2.75) is 13.8 Å². The second kappa shape index (κ2) is 5.40. The predicted molar refractivity (Wildman–Crippen MR) is 81.1 cm³/mol. The molecule has 2 heterocycles. The van der Waals surface area contributed by atoms with Gasteiger partial charge >= 0.3 is 5.97 Å². The Labute approximate surface area is 126 Å². The van der Waals surface area contributed by atoms with Crippen LogP contribution in [0.4, 0.5) is 0 Å². The van der Waals surface area contributed by atoms with Crippen molar-refractivity contribution >= 4 is 23.9 Å². The number of benzene rings is 1. The fraction of sp³-hybridized carbons (Fsp3) is 0.125. The Bertz CT molecular complexity index is 816. The molecule has 6 heteroatoms. The molecule has 0 saturated heterocycles. The van der Waals surface area contributed by atoms with E-state index in [1.54, 1.807) is 19.2 Å². The quantitative estimate of drug-likeness (QED) is 0.630. The first kappa shape index (κ1) is 13.9. The first-order valence-electron chi connectivity index (χ1n) is 6.70. The number of hydrogen-bond donors (Lipinski definition) is 0. The van der Waals surface area contributed by atoms with Crippen LogP contribution in [0.1, 0.15) is 24.2 Å². The number of carbonyl (C=O) groups is 2. The lowest BCUT2D eigenvalue weighted by Gasteiger charge is -1.98. The highest BCUT2D eigenvalue weighted by Crippen LogP contribution is 2.25. The summed E-state index contributed by atoms with van der Waals surface area (Å²) < 4.78 is 6.14. The fourth-order valence-electron chi connectivity index (χ4n) is 2.14. The SMILES string of the molecule is CC(=O)n1cc(/C=C2/N=C(C)OC2=O)c(-c2ccccc2)n1. The second-order valence-electron chi connectivity index (χ2n) is 4.81. The van der Waals surface area contributed by atoms with Crippen molar-refractivity contribution in [1.82, 2.24) is 9.78 Å². The molecule has 0 amide bonds. The van der Waals surface area contributed by atoms with Gasteiger partial charge in [0, 0.05) is 31.2 Å². The Balaban J connectivity index is 2.13. The highest BCUT2D eigenvalue weighted by Gasteiger charge is 2.21. The summed E-state index contributed by atoms with van der Waals surface area (Å²) in [6.07, 6.45) is 3.15. The second-order valence-corrected chi connectivity index (χ2v) is 4.81. The molecule has 110 valence electrons. The summed E-state index contributed by atoms with van der Waals surface area (Å²) in [4.78, 5) is 27.3. The number of cyclic esters (lactones) is 1. The van der Waals surface area contributed by atoms with Crippen LogP contribution in [-0.4, -0.2) is 27.6 Å². The maximum Gasteiger partial charge on any atom is 0.363 e. The van der Waals surface area contributed by atoms with E-state index in [0.29, 0.717) is 17.2 Å². The molecular weight excluding hydrogens is 282 g/mol. The van der Waals surface area contributed by atoms with Gasteiger partial charge in [0.25, 0.3) is 0 Å². The van der Waals surface area contributed by atoms with E-state index < -0.39 is 5.97 Å². The van der Waals surface area contributed by atoms with Gasteiger partial charge in [-0.3, -0.25) is 4.79 Å². The molecule has 0 N–H and O–H groups in total. The number of ether oxygens (including phenoxy) is 1. The van der Waals surface area contributed by atoms with E-state index in [9.17, 15) is 9.59 Å². The lowest BCUT2D eigenvalue weighted by Crippen LogP contribution is -2.05. The third kappa shape index (κ3) is 2.58. The first-order valence-corrected chi connectivity index (χ1v) is 6.70.